The van der Waals surface area contributed by atoms with E-state index in [9.17, 15) is 9.59 Å². The highest BCUT2D eigenvalue weighted by atomic mass is 32.1. The molecule has 0 radical (unpaired) electrons. The molecule has 1 aliphatic rings. The lowest BCUT2D eigenvalue weighted by atomic mass is 10.2. The number of hydrogen-bond acceptors (Lipinski definition) is 5. The van der Waals surface area contributed by atoms with Crippen LogP contribution in [0.5, 0.6) is 0 Å². The third kappa shape index (κ3) is 2.45. The van der Waals surface area contributed by atoms with Gasteiger partial charge in [-0.05, 0) is 6.92 Å². The van der Waals surface area contributed by atoms with Crippen molar-refractivity contribution in [2.45, 2.75) is 13.0 Å². The minimum Gasteiger partial charge on any atom is -0.476 e. The number of ether oxygens (including phenoxy) is 1. The monoisotopic (exact) mass is 256 g/mol. The Morgan fingerprint density at radius 2 is 2.41 bits per heavy atom. The van der Waals surface area contributed by atoms with Crippen molar-refractivity contribution >= 4 is 23.2 Å². The van der Waals surface area contributed by atoms with Gasteiger partial charge in [0.2, 0.25) is 0 Å². The molecule has 0 bridgehead atoms. The summed E-state index contributed by atoms with van der Waals surface area (Å²) in [5.41, 5.74) is -0.0840. The van der Waals surface area contributed by atoms with Crippen molar-refractivity contribution in [2.24, 2.45) is 0 Å². The lowest BCUT2D eigenvalue weighted by Crippen LogP contribution is -2.47. The average molecular weight is 256 g/mol. The molecule has 0 spiro atoms. The van der Waals surface area contributed by atoms with Crippen LogP contribution in [-0.2, 0) is 4.74 Å². The highest BCUT2D eigenvalue weighted by Crippen LogP contribution is 2.16. The van der Waals surface area contributed by atoms with Gasteiger partial charge in [0.25, 0.3) is 5.91 Å². The summed E-state index contributed by atoms with van der Waals surface area (Å²) in [5, 5.41) is 10.3. The second-order valence-electron chi connectivity index (χ2n) is 3.77. The molecule has 1 unspecified atom stereocenters. The Labute approximate surface area is 102 Å². The summed E-state index contributed by atoms with van der Waals surface area (Å²) in [4.78, 5) is 28.2. The van der Waals surface area contributed by atoms with Crippen molar-refractivity contribution in [1.82, 2.24) is 9.88 Å². The maximum absolute atomic E-state index is 12.1. The van der Waals surface area contributed by atoms with Crippen molar-refractivity contribution in [2.75, 3.05) is 19.8 Å². The topological polar surface area (TPSA) is 79.7 Å². The summed E-state index contributed by atoms with van der Waals surface area (Å²) in [6, 6.07) is -0.00609. The zero-order chi connectivity index (χ0) is 12.4. The van der Waals surface area contributed by atoms with Crippen LogP contribution in [0.4, 0.5) is 0 Å². The lowest BCUT2D eigenvalue weighted by molar-refractivity contribution is 0.00357. The highest BCUT2D eigenvalue weighted by Gasteiger charge is 2.27. The summed E-state index contributed by atoms with van der Waals surface area (Å²) in [6.45, 7) is 3.42. The zero-order valence-electron chi connectivity index (χ0n) is 9.25. The van der Waals surface area contributed by atoms with Crippen LogP contribution >= 0.6 is 11.3 Å². The van der Waals surface area contributed by atoms with Crippen LogP contribution in [0, 0.1) is 0 Å². The van der Waals surface area contributed by atoms with Crippen LogP contribution in [0.25, 0.3) is 0 Å². The number of carbonyl (C=O) groups is 2. The van der Waals surface area contributed by atoms with E-state index >= 15 is 0 Å². The Hall–Kier alpha value is -1.47. The van der Waals surface area contributed by atoms with Crippen molar-refractivity contribution in [1.29, 1.82) is 0 Å². The van der Waals surface area contributed by atoms with Gasteiger partial charge in [0.1, 0.15) is 0 Å². The van der Waals surface area contributed by atoms with Gasteiger partial charge in [-0.25, -0.2) is 9.78 Å². The molecule has 1 aliphatic heterocycles. The van der Waals surface area contributed by atoms with E-state index in [-0.39, 0.29) is 22.7 Å². The minimum absolute atomic E-state index is 0.00609. The SMILES string of the molecule is CC1COCCN1C(=O)c1nc(C(=O)O)cs1. The molecule has 7 heteroatoms. The van der Waals surface area contributed by atoms with Crippen LogP contribution in [0.1, 0.15) is 27.2 Å². The highest BCUT2D eigenvalue weighted by molar-refractivity contribution is 7.11. The molecular weight excluding hydrogens is 244 g/mol. The first-order chi connectivity index (χ1) is 8.09. The van der Waals surface area contributed by atoms with Crippen LogP contribution in [0.2, 0.25) is 0 Å². The van der Waals surface area contributed by atoms with E-state index in [4.69, 9.17) is 9.84 Å². The quantitative estimate of drug-likeness (QED) is 0.842. The normalized spacial score (nSPS) is 20.3. The van der Waals surface area contributed by atoms with E-state index in [1.54, 1.807) is 4.90 Å². The lowest BCUT2D eigenvalue weighted by Gasteiger charge is -2.32. The molecule has 1 aromatic rings. The zero-order valence-corrected chi connectivity index (χ0v) is 10.1. The van der Waals surface area contributed by atoms with Crippen LogP contribution in [-0.4, -0.2) is 52.7 Å². The van der Waals surface area contributed by atoms with Crippen LogP contribution in [0.15, 0.2) is 5.38 Å². The van der Waals surface area contributed by atoms with Crippen molar-refractivity contribution in [3.63, 3.8) is 0 Å². The Morgan fingerprint density at radius 1 is 1.65 bits per heavy atom. The average Bonchev–Trinajstić information content (AvgIpc) is 2.78. The van der Waals surface area contributed by atoms with E-state index in [0.717, 1.165) is 11.3 Å². The fourth-order valence-electron chi connectivity index (χ4n) is 1.62. The second-order valence-corrected chi connectivity index (χ2v) is 4.62. The molecule has 0 aromatic carbocycles. The smallest absolute Gasteiger partial charge is 0.355 e. The first-order valence-corrected chi connectivity index (χ1v) is 6.05. The summed E-state index contributed by atoms with van der Waals surface area (Å²) >= 11 is 1.06. The number of morpholine rings is 1. The Morgan fingerprint density at radius 3 is 3.00 bits per heavy atom. The van der Waals surface area contributed by atoms with E-state index in [1.165, 1.54) is 5.38 Å². The largest absolute Gasteiger partial charge is 0.476 e. The van der Waals surface area contributed by atoms with Gasteiger partial charge in [0.05, 0.1) is 19.3 Å². The fourth-order valence-corrected chi connectivity index (χ4v) is 2.37. The number of amides is 1. The first kappa shape index (κ1) is 12.0. The molecule has 0 aliphatic carbocycles. The molecular formula is C10H12N2O4S. The van der Waals surface area contributed by atoms with Gasteiger partial charge in [-0.15, -0.1) is 11.3 Å². The van der Waals surface area contributed by atoms with Crippen molar-refractivity contribution in [3.05, 3.63) is 16.1 Å². The van der Waals surface area contributed by atoms with Crippen molar-refractivity contribution < 1.29 is 19.4 Å². The molecule has 2 rings (SSSR count). The van der Waals surface area contributed by atoms with Gasteiger partial charge in [0.15, 0.2) is 10.7 Å². The molecule has 2 heterocycles. The Kier molecular flexibility index (Phi) is 3.39. The summed E-state index contributed by atoms with van der Waals surface area (Å²) in [7, 11) is 0. The molecule has 1 fully saturated rings. The van der Waals surface area contributed by atoms with E-state index in [2.05, 4.69) is 4.98 Å². The van der Waals surface area contributed by atoms with Crippen LogP contribution < -0.4 is 0 Å². The standard InChI is InChI=1S/C10H12N2O4S/c1-6-4-16-3-2-12(6)9(13)8-11-7(5-17-8)10(14)15/h5-6H,2-4H2,1H3,(H,14,15). The number of thiazole rings is 1. The molecule has 6 nitrogen and oxygen atoms in total. The third-order valence-corrected chi connectivity index (χ3v) is 3.37. The van der Waals surface area contributed by atoms with E-state index in [0.29, 0.717) is 19.8 Å². The molecule has 17 heavy (non-hydrogen) atoms. The van der Waals surface area contributed by atoms with E-state index < -0.39 is 5.97 Å². The predicted octanol–water partition coefficient (Wildman–Crippen LogP) is 0.702. The fraction of sp³-hybridized carbons (Fsp3) is 0.500. The number of carboxylic acid groups (broad SMARTS) is 1. The number of carbonyl (C=O) groups excluding carboxylic acids is 1. The van der Waals surface area contributed by atoms with Gasteiger partial charge < -0.3 is 14.7 Å². The number of aromatic carboxylic acids is 1. The second kappa shape index (κ2) is 4.80. The summed E-state index contributed by atoms with van der Waals surface area (Å²) in [6.07, 6.45) is 0. The first-order valence-electron chi connectivity index (χ1n) is 5.17. The number of carboxylic acids is 1. The predicted molar refractivity (Wildman–Crippen MR) is 60.4 cm³/mol. The summed E-state index contributed by atoms with van der Waals surface area (Å²) in [5.74, 6) is -1.34. The third-order valence-electron chi connectivity index (χ3n) is 2.53. The molecule has 1 atom stereocenters. The van der Waals surface area contributed by atoms with Gasteiger partial charge in [-0.2, -0.15) is 0 Å². The van der Waals surface area contributed by atoms with Crippen molar-refractivity contribution in [3.8, 4) is 0 Å². The summed E-state index contributed by atoms with van der Waals surface area (Å²) < 4.78 is 5.24. The van der Waals surface area contributed by atoms with Crippen LogP contribution in [0.3, 0.4) is 0 Å². The maximum atomic E-state index is 12.1. The maximum Gasteiger partial charge on any atom is 0.355 e. The number of nitrogens with zero attached hydrogens (tertiary/aromatic N) is 2. The molecule has 0 saturated carbocycles. The molecule has 1 aromatic heterocycles. The van der Waals surface area contributed by atoms with E-state index in [1.807, 2.05) is 6.92 Å². The number of hydrogen-bond donors (Lipinski definition) is 1. The van der Waals surface area contributed by atoms with Gasteiger partial charge in [-0.3, -0.25) is 4.79 Å². The molecule has 1 saturated heterocycles. The van der Waals surface area contributed by atoms with Gasteiger partial charge in [0, 0.05) is 11.9 Å². The molecule has 1 N–H and O–H groups in total. The number of aromatic nitrogens is 1. The molecule has 92 valence electrons. The Balaban J connectivity index is 2.15. The minimum atomic E-state index is -1.12. The van der Waals surface area contributed by atoms with Gasteiger partial charge in [-0.1, -0.05) is 0 Å². The Bertz CT molecular complexity index is 445. The number of rotatable bonds is 2. The molecule has 1 amide bonds. The van der Waals surface area contributed by atoms with Gasteiger partial charge >= 0.3 is 5.97 Å².